The summed E-state index contributed by atoms with van der Waals surface area (Å²) in [4.78, 5) is 4.69. The van der Waals surface area contributed by atoms with Crippen LogP contribution in [0.4, 0.5) is 0 Å². The summed E-state index contributed by atoms with van der Waals surface area (Å²) in [6, 6.07) is 14.1. The van der Waals surface area contributed by atoms with Crippen LogP contribution in [0.1, 0.15) is 0 Å². The third kappa shape index (κ3) is 2.90. The standard InChI is InChI=1S/C17H14ClNO3S/c1-22-17-15(11-6-5-7-12(10-11)23(2,20)21)16(18)13-8-3-4-9-14(13)19-17/h3-10H,1-2H3. The van der Waals surface area contributed by atoms with E-state index in [-0.39, 0.29) is 4.90 Å². The highest BCUT2D eigenvalue weighted by Gasteiger charge is 2.17. The molecule has 2 aromatic carbocycles. The molecule has 4 nitrogen and oxygen atoms in total. The Balaban J connectivity index is 2.34. The molecular weight excluding hydrogens is 334 g/mol. The van der Waals surface area contributed by atoms with E-state index in [1.54, 1.807) is 24.3 Å². The molecule has 0 unspecified atom stereocenters. The molecule has 0 amide bonds. The number of hydrogen-bond donors (Lipinski definition) is 0. The third-order valence-electron chi connectivity index (χ3n) is 3.54. The molecule has 23 heavy (non-hydrogen) atoms. The number of benzene rings is 2. The van der Waals surface area contributed by atoms with Gasteiger partial charge in [-0.3, -0.25) is 0 Å². The first kappa shape index (κ1) is 15.8. The fraction of sp³-hybridized carbons (Fsp3) is 0.118. The maximum atomic E-state index is 11.8. The second kappa shape index (κ2) is 5.83. The quantitative estimate of drug-likeness (QED) is 0.719. The number of fused-ring (bicyclic) bond motifs is 1. The summed E-state index contributed by atoms with van der Waals surface area (Å²) < 4.78 is 28.9. The highest BCUT2D eigenvalue weighted by atomic mass is 35.5. The third-order valence-corrected chi connectivity index (χ3v) is 5.04. The molecule has 3 aromatic rings. The molecule has 1 aromatic heterocycles. The maximum absolute atomic E-state index is 11.8. The van der Waals surface area contributed by atoms with Crippen LogP contribution in [0.25, 0.3) is 22.0 Å². The van der Waals surface area contributed by atoms with Gasteiger partial charge in [-0.1, -0.05) is 41.9 Å². The summed E-state index contributed by atoms with van der Waals surface area (Å²) >= 11 is 6.56. The van der Waals surface area contributed by atoms with Gasteiger partial charge in [0.05, 0.1) is 28.1 Å². The van der Waals surface area contributed by atoms with Gasteiger partial charge in [0.15, 0.2) is 9.84 Å². The number of methoxy groups -OCH3 is 1. The minimum atomic E-state index is -3.31. The lowest BCUT2D eigenvalue weighted by Crippen LogP contribution is -1.98. The van der Waals surface area contributed by atoms with Crippen molar-refractivity contribution in [3.05, 3.63) is 53.6 Å². The molecule has 0 atom stereocenters. The number of ether oxygens (including phenoxy) is 1. The SMILES string of the molecule is COc1nc2ccccc2c(Cl)c1-c1cccc(S(C)(=O)=O)c1. The number of sulfone groups is 1. The van der Waals surface area contributed by atoms with Crippen LogP contribution >= 0.6 is 11.6 Å². The van der Waals surface area contributed by atoms with Crippen molar-refractivity contribution in [2.45, 2.75) is 4.90 Å². The highest BCUT2D eigenvalue weighted by Crippen LogP contribution is 2.40. The molecule has 1 heterocycles. The molecule has 0 aliphatic rings. The molecule has 0 saturated carbocycles. The minimum absolute atomic E-state index is 0.223. The van der Waals surface area contributed by atoms with Gasteiger partial charge in [0.2, 0.25) is 5.88 Å². The number of rotatable bonds is 3. The Hall–Kier alpha value is -2.11. The number of pyridine rings is 1. The topological polar surface area (TPSA) is 56.3 Å². The van der Waals surface area contributed by atoms with E-state index >= 15 is 0 Å². The average Bonchev–Trinajstić information content (AvgIpc) is 2.54. The molecule has 0 aliphatic carbocycles. The van der Waals surface area contributed by atoms with Gasteiger partial charge in [0.25, 0.3) is 0 Å². The molecule has 0 N–H and O–H groups in total. The Bertz CT molecular complexity index is 1000. The zero-order valence-electron chi connectivity index (χ0n) is 12.6. The zero-order valence-corrected chi connectivity index (χ0v) is 14.1. The summed E-state index contributed by atoms with van der Waals surface area (Å²) in [5.74, 6) is 0.361. The van der Waals surface area contributed by atoms with Crippen molar-refractivity contribution in [3.8, 4) is 17.0 Å². The molecule has 0 aliphatic heterocycles. The van der Waals surface area contributed by atoms with Crippen LogP contribution in [0.3, 0.4) is 0 Å². The molecule has 0 spiro atoms. The molecule has 0 radical (unpaired) electrons. The van der Waals surface area contributed by atoms with Crippen molar-refractivity contribution in [2.75, 3.05) is 13.4 Å². The number of para-hydroxylation sites is 1. The Kier molecular flexibility index (Phi) is 4.00. The van der Waals surface area contributed by atoms with Gasteiger partial charge in [-0.15, -0.1) is 0 Å². The Labute approximate surface area is 139 Å². The minimum Gasteiger partial charge on any atom is -0.480 e. The summed E-state index contributed by atoms with van der Waals surface area (Å²) in [5, 5.41) is 1.27. The smallest absolute Gasteiger partial charge is 0.223 e. The normalized spacial score (nSPS) is 11.6. The van der Waals surface area contributed by atoms with Crippen molar-refractivity contribution in [3.63, 3.8) is 0 Å². The zero-order chi connectivity index (χ0) is 16.6. The van der Waals surface area contributed by atoms with E-state index in [0.29, 0.717) is 22.0 Å². The van der Waals surface area contributed by atoms with Gasteiger partial charge in [0, 0.05) is 11.6 Å². The van der Waals surface area contributed by atoms with E-state index in [2.05, 4.69) is 4.98 Å². The number of nitrogens with zero attached hydrogens (tertiary/aromatic N) is 1. The van der Waals surface area contributed by atoms with Gasteiger partial charge in [-0.05, 0) is 23.8 Å². The Morgan fingerprint density at radius 1 is 1.09 bits per heavy atom. The highest BCUT2D eigenvalue weighted by molar-refractivity contribution is 7.90. The van der Waals surface area contributed by atoms with Crippen molar-refractivity contribution in [2.24, 2.45) is 0 Å². The van der Waals surface area contributed by atoms with Crippen molar-refractivity contribution in [1.82, 2.24) is 4.98 Å². The summed E-state index contributed by atoms with van der Waals surface area (Å²) in [5.41, 5.74) is 1.95. The molecule has 3 rings (SSSR count). The van der Waals surface area contributed by atoms with Crippen LogP contribution in [0.15, 0.2) is 53.4 Å². The van der Waals surface area contributed by atoms with Crippen LogP contribution in [-0.4, -0.2) is 26.8 Å². The number of hydrogen-bond acceptors (Lipinski definition) is 4. The first-order valence-corrected chi connectivity index (χ1v) is 9.11. The van der Waals surface area contributed by atoms with E-state index in [1.807, 2.05) is 24.3 Å². The largest absolute Gasteiger partial charge is 0.480 e. The van der Waals surface area contributed by atoms with Gasteiger partial charge in [0.1, 0.15) is 0 Å². The number of aromatic nitrogens is 1. The predicted molar refractivity (Wildman–Crippen MR) is 91.9 cm³/mol. The lowest BCUT2D eigenvalue weighted by atomic mass is 10.0. The Morgan fingerprint density at radius 2 is 1.83 bits per heavy atom. The fourth-order valence-electron chi connectivity index (χ4n) is 2.43. The first-order valence-electron chi connectivity index (χ1n) is 6.84. The van der Waals surface area contributed by atoms with Crippen LogP contribution in [0.2, 0.25) is 5.02 Å². The van der Waals surface area contributed by atoms with Crippen LogP contribution in [0.5, 0.6) is 5.88 Å². The van der Waals surface area contributed by atoms with E-state index in [9.17, 15) is 8.42 Å². The molecular formula is C17H14ClNO3S. The molecule has 0 fully saturated rings. The molecule has 0 saturated heterocycles. The first-order chi connectivity index (χ1) is 10.9. The van der Waals surface area contributed by atoms with Crippen molar-refractivity contribution < 1.29 is 13.2 Å². The lowest BCUT2D eigenvalue weighted by molar-refractivity contribution is 0.401. The summed E-state index contributed by atoms with van der Waals surface area (Å²) in [6.07, 6.45) is 1.17. The van der Waals surface area contributed by atoms with Gasteiger partial charge < -0.3 is 4.74 Å². The van der Waals surface area contributed by atoms with Crippen molar-refractivity contribution >= 4 is 32.3 Å². The Morgan fingerprint density at radius 3 is 2.52 bits per heavy atom. The van der Waals surface area contributed by atoms with Gasteiger partial charge in [-0.25, -0.2) is 13.4 Å². The van der Waals surface area contributed by atoms with Crippen LogP contribution < -0.4 is 4.74 Å². The van der Waals surface area contributed by atoms with E-state index in [0.717, 1.165) is 10.9 Å². The van der Waals surface area contributed by atoms with Crippen LogP contribution in [0, 0.1) is 0 Å². The molecule has 118 valence electrons. The van der Waals surface area contributed by atoms with Crippen LogP contribution in [-0.2, 0) is 9.84 Å². The second-order valence-corrected chi connectivity index (χ2v) is 7.52. The maximum Gasteiger partial charge on any atom is 0.223 e. The monoisotopic (exact) mass is 347 g/mol. The van der Waals surface area contributed by atoms with E-state index in [1.165, 1.54) is 13.4 Å². The predicted octanol–water partition coefficient (Wildman–Crippen LogP) is 3.97. The molecule has 6 heteroatoms. The summed E-state index contributed by atoms with van der Waals surface area (Å²) in [6.45, 7) is 0. The van der Waals surface area contributed by atoms with Gasteiger partial charge in [-0.2, -0.15) is 0 Å². The van der Waals surface area contributed by atoms with E-state index in [4.69, 9.17) is 16.3 Å². The average molecular weight is 348 g/mol. The molecule has 0 bridgehead atoms. The lowest BCUT2D eigenvalue weighted by Gasteiger charge is -2.13. The van der Waals surface area contributed by atoms with Crippen molar-refractivity contribution in [1.29, 1.82) is 0 Å². The second-order valence-electron chi connectivity index (χ2n) is 5.13. The fourth-order valence-corrected chi connectivity index (χ4v) is 3.45. The van der Waals surface area contributed by atoms with E-state index < -0.39 is 9.84 Å². The van der Waals surface area contributed by atoms with Gasteiger partial charge >= 0.3 is 0 Å². The number of halogens is 1. The summed E-state index contributed by atoms with van der Waals surface area (Å²) in [7, 11) is -1.80.